The SMILES string of the molecule is CC(=O)NC(=Cc1ccccc1)C(=O)OC1c2ccccc2-c2ccccc21. The summed E-state index contributed by atoms with van der Waals surface area (Å²) < 4.78 is 5.88. The number of ether oxygens (including phenoxy) is 1. The van der Waals surface area contributed by atoms with Crippen LogP contribution in [0.4, 0.5) is 0 Å². The van der Waals surface area contributed by atoms with Crippen LogP contribution < -0.4 is 5.32 Å². The Balaban J connectivity index is 1.68. The molecule has 0 saturated heterocycles. The van der Waals surface area contributed by atoms with E-state index >= 15 is 0 Å². The Hall–Kier alpha value is -3.66. The molecule has 3 aromatic rings. The summed E-state index contributed by atoms with van der Waals surface area (Å²) in [7, 11) is 0. The highest BCUT2D eigenvalue weighted by atomic mass is 16.5. The second-order valence-electron chi connectivity index (χ2n) is 6.61. The summed E-state index contributed by atoms with van der Waals surface area (Å²) >= 11 is 0. The quantitative estimate of drug-likeness (QED) is 0.545. The highest BCUT2D eigenvalue weighted by molar-refractivity contribution is 5.98. The van der Waals surface area contributed by atoms with Crippen molar-refractivity contribution in [2.75, 3.05) is 0 Å². The first-order valence-electron chi connectivity index (χ1n) is 9.07. The van der Waals surface area contributed by atoms with E-state index in [1.807, 2.05) is 78.9 Å². The van der Waals surface area contributed by atoms with Gasteiger partial charge in [0.1, 0.15) is 5.70 Å². The van der Waals surface area contributed by atoms with Crippen molar-refractivity contribution in [2.45, 2.75) is 13.0 Å². The minimum absolute atomic E-state index is 0.112. The van der Waals surface area contributed by atoms with Crippen molar-refractivity contribution in [3.63, 3.8) is 0 Å². The first-order valence-corrected chi connectivity index (χ1v) is 9.07. The molecule has 138 valence electrons. The van der Waals surface area contributed by atoms with Crippen molar-refractivity contribution < 1.29 is 14.3 Å². The third-order valence-electron chi connectivity index (χ3n) is 4.64. The van der Waals surface area contributed by atoms with Gasteiger partial charge >= 0.3 is 5.97 Å². The number of esters is 1. The van der Waals surface area contributed by atoms with Gasteiger partial charge in [-0.1, -0.05) is 78.9 Å². The fraction of sp³-hybridized carbons (Fsp3) is 0.0833. The molecule has 4 rings (SSSR count). The number of hydrogen-bond donors (Lipinski definition) is 1. The summed E-state index contributed by atoms with van der Waals surface area (Å²) in [5.41, 5.74) is 4.92. The third kappa shape index (κ3) is 3.45. The molecule has 0 unspecified atom stereocenters. The molecule has 1 amide bonds. The van der Waals surface area contributed by atoms with E-state index in [2.05, 4.69) is 5.32 Å². The van der Waals surface area contributed by atoms with Crippen molar-refractivity contribution >= 4 is 18.0 Å². The molecule has 0 aromatic heterocycles. The number of carbonyl (C=O) groups is 2. The Kier molecular flexibility index (Phi) is 4.77. The van der Waals surface area contributed by atoms with Gasteiger partial charge in [-0.15, -0.1) is 0 Å². The standard InChI is InChI=1S/C24H19NO3/c1-16(26)25-22(15-17-9-3-2-4-10-17)24(27)28-23-20-13-7-5-11-18(20)19-12-6-8-14-21(19)23/h2-15,23H,1H3,(H,25,26). The molecule has 0 bridgehead atoms. The van der Waals surface area contributed by atoms with Crippen LogP contribution in [0.5, 0.6) is 0 Å². The first kappa shape index (κ1) is 17.7. The molecule has 4 heteroatoms. The van der Waals surface area contributed by atoms with Gasteiger partial charge in [0, 0.05) is 18.1 Å². The highest BCUT2D eigenvalue weighted by Crippen LogP contribution is 2.45. The van der Waals surface area contributed by atoms with Crippen molar-refractivity contribution in [2.24, 2.45) is 0 Å². The van der Waals surface area contributed by atoms with Crippen LogP contribution in [0.1, 0.15) is 29.7 Å². The third-order valence-corrected chi connectivity index (χ3v) is 4.64. The molecule has 1 aliphatic rings. The molecule has 0 atom stereocenters. The molecule has 1 aliphatic carbocycles. The molecule has 3 aromatic carbocycles. The van der Waals surface area contributed by atoms with Gasteiger partial charge in [-0.05, 0) is 22.8 Å². The molecule has 1 N–H and O–H groups in total. The summed E-state index contributed by atoms with van der Waals surface area (Å²) in [6.45, 7) is 1.37. The minimum atomic E-state index is -0.574. The number of amides is 1. The predicted molar refractivity (Wildman–Crippen MR) is 108 cm³/mol. The normalized spacial score (nSPS) is 12.8. The number of rotatable bonds is 4. The zero-order chi connectivity index (χ0) is 19.5. The van der Waals surface area contributed by atoms with Crippen LogP contribution in [0.2, 0.25) is 0 Å². The summed E-state index contributed by atoms with van der Waals surface area (Å²) in [5, 5.41) is 2.60. The van der Waals surface area contributed by atoms with Crippen LogP contribution in [-0.4, -0.2) is 11.9 Å². The molecule has 0 spiro atoms. The summed E-state index contributed by atoms with van der Waals surface area (Å²) in [6, 6.07) is 25.1. The van der Waals surface area contributed by atoms with Crippen LogP contribution in [0.25, 0.3) is 17.2 Å². The van der Waals surface area contributed by atoms with Crippen LogP contribution in [0, 0.1) is 0 Å². The average molecular weight is 369 g/mol. The molecular weight excluding hydrogens is 350 g/mol. The van der Waals surface area contributed by atoms with Gasteiger partial charge in [-0.2, -0.15) is 0 Å². The second-order valence-corrected chi connectivity index (χ2v) is 6.61. The Morgan fingerprint density at radius 3 is 1.93 bits per heavy atom. The highest BCUT2D eigenvalue weighted by Gasteiger charge is 2.31. The summed E-state index contributed by atoms with van der Waals surface area (Å²) in [5.74, 6) is -0.901. The largest absolute Gasteiger partial charge is 0.448 e. The van der Waals surface area contributed by atoms with Gasteiger partial charge < -0.3 is 10.1 Å². The smallest absolute Gasteiger partial charge is 0.355 e. The van der Waals surface area contributed by atoms with Gasteiger partial charge in [0.15, 0.2) is 6.10 Å². The van der Waals surface area contributed by atoms with Gasteiger partial charge in [0.05, 0.1) is 0 Å². The zero-order valence-corrected chi connectivity index (χ0v) is 15.4. The maximum Gasteiger partial charge on any atom is 0.355 e. The molecule has 4 nitrogen and oxygen atoms in total. The van der Waals surface area contributed by atoms with E-state index in [-0.39, 0.29) is 11.6 Å². The van der Waals surface area contributed by atoms with Gasteiger partial charge in [-0.25, -0.2) is 4.79 Å². The molecule has 0 saturated carbocycles. The van der Waals surface area contributed by atoms with Crippen molar-refractivity contribution in [3.05, 3.63) is 101 Å². The van der Waals surface area contributed by atoms with Gasteiger partial charge in [0.25, 0.3) is 0 Å². The number of carbonyl (C=O) groups excluding carboxylic acids is 2. The van der Waals surface area contributed by atoms with E-state index in [1.54, 1.807) is 6.08 Å². The number of fused-ring (bicyclic) bond motifs is 3. The summed E-state index contributed by atoms with van der Waals surface area (Å²) in [6.07, 6.45) is 1.11. The van der Waals surface area contributed by atoms with Crippen LogP contribution >= 0.6 is 0 Å². The lowest BCUT2D eigenvalue weighted by atomic mass is 10.1. The van der Waals surface area contributed by atoms with E-state index in [4.69, 9.17) is 4.74 Å². The van der Waals surface area contributed by atoms with Crippen molar-refractivity contribution in [1.29, 1.82) is 0 Å². The number of nitrogens with one attached hydrogen (secondary N) is 1. The molecule has 28 heavy (non-hydrogen) atoms. The monoisotopic (exact) mass is 369 g/mol. The second kappa shape index (κ2) is 7.53. The minimum Gasteiger partial charge on any atom is -0.448 e. The van der Waals surface area contributed by atoms with E-state index in [0.717, 1.165) is 27.8 Å². The lowest BCUT2D eigenvalue weighted by molar-refractivity contribution is -0.143. The van der Waals surface area contributed by atoms with E-state index < -0.39 is 12.1 Å². The lowest BCUT2D eigenvalue weighted by Gasteiger charge is -2.16. The molecule has 0 fully saturated rings. The predicted octanol–water partition coefficient (Wildman–Crippen LogP) is 4.48. The van der Waals surface area contributed by atoms with E-state index in [9.17, 15) is 9.59 Å². The fourth-order valence-corrected chi connectivity index (χ4v) is 3.46. The van der Waals surface area contributed by atoms with Gasteiger partial charge in [-0.3, -0.25) is 4.79 Å². The van der Waals surface area contributed by atoms with Crippen LogP contribution in [0.3, 0.4) is 0 Å². The summed E-state index contributed by atoms with van der Waals surface area (Å²) in [4.78, 5) is 24.6. The molecule has 0 radical (unpaired) electrons. The van der Waals surface area contributed by atoms with Gasteiger partial charge in [0.2, 0.25) is 5.91 Å². The fourth-order valence-electron chi connectivity index (χ4n) is 3.46. The molecule has 0 aliphatic heterocycles. The first-order chi connectivity index (χ1) is 13.6. The zero-order valence-electron chi connectivity index (χ0n) is 15.4. The van der Waals surface area contributed by atoms with Crippen LogP contribution in [0.15, 0.2) is 84.6 Å². The van der Waals surface area contributed by atoms with Crippen LogP contribution in [-0.2, 0) is 14.3 Å². The lowest BCUT2D eigenvalue weighted by Crippen LogP contribution is -2.27. The molecular formula is C24H19NO3. The van der Waals surface area contributed by atoms with E-state index in [0.29, 0.717) is 0 Å². The Morgan fingerprint density at radius 2 is 1.36 bits per heavy atom. The number of benzene rings is 3. The Labute approximate surface area is 163 Å². The Morgan fingerprint density at radius 1 is 0.821 bits per heavy atom. The van der Waals surface area contributed by atoms with Crippen molar-refractivity contribution in [1.82, 2.24) is 5.32 Å². The maximum atomic E-state index is 13.0. The molecule has 0 heterocycles. The maximum absolute atomic E-state index is 13.0. The average Bonchev–Trinajstić information content (AvgIpc) is 3.02. The van der Waals surface area contributed by atoms with E-state index in [1.165, 1.54) is 6.92 Å². The number of hydrogen-bond acceptors (Lipinski definition) is 3. The Bertz CT molecular complexity index is 1020. The topological polar surface area (TPSA) is 55.4 Å². The van der Waals surface area contributed by atoms with Crippen molar-refractivity contribution in [3.8, 4) is 11.1 Å².